The molecule has 1 aliphatic rings. The lowest BCUT2D eigenvalue weighted by atomic mass is 10.2. The minimum atomic E-state index is 0.858. The molecule has 0 aromatic rings. The van der Waals surface area contributed by atoms with Gasteiger partial charge < -0.3 is 0 Å². The number of rotatable bonds is 0. The fourth-order valence-electron chi connectivity index (χ4n) is 0.977. The highest BCUT2D eigenvalue weighted by Gasteiger charge is 1.97. The molecule has 0 radical (unpaired) electrons. The maximum atomic E-state index is 5.89. The third kappa shape index (κ3) is 1.74. The van der Waals surface area contributed by atoms with Crippen LogP contribution in [0.1, 0.15) is 20.3 Å². The monoisotopic (exact) mass is 154 g/mol. The summed E-state index contributed by atoms with van der Waals surface area (Å²) in [5, 5.41) is 0.858. The first-order chi connectivity index (χ1) is 4.70. The molecule has 54 valence electrons. The predicted molar refractivity (Wildman–Crippen MR) is 46.1 cm³/mol. The van der Waals surface area contributed by atoms with Crippen LogP contribution in [0.3, 0.4) is 0 Å². The molecule has 0 nitrogen and oxygen atoms in total. The van der Waals surface area contributed by atoms with Crippen molar-refractivity contribution in [3.63, 3.8) is 0 Å². The summed E-state index contributed by atoms with van der Waals surface area (Å²) in [6.45, 7) is 4.14. The van der Waals surface area contributed by atoms with E-state index in [1.54, 1.807) is 0 Å². The molecule has 0 aromatic heterocycles. The first-order valence-electron chi connectivity index (χ1n) is 3.40. The van der Waals surface area contributed by atoms with Crippen molar-refractivity contribution in [2.24, 2.45) is 0 Å². The Labute approximate surface area is 66.9 Å². The maximum absolute atomic E-state index is 5.89. The maximum Gasteiger partial charge on any atom is 0.0432 e. The Hall–Kier alpha value is -0.490. The van der Waals surface area contributed by atoms with Gasteiger partial charge in [-0.25, -0.2) is 0 Å². The van der Waals surface area contributed by atoms with Gasteiger partial charge in [0.25, 0.3) is 0 Å². The van der Waals surface area contributed by atoms with E-state index < -0.39 is 0 Å². The molecule has 0 N–H and O–H groups in total. The molecule has 0 unspecified atom stereocenters. The van der Waals surface area contributed by atoms with Crippen LogP contribution in [0.5, 0.6) is 0 Å². The van der Waals surface area contributed by atoms with Crippen LogP contribution in [-0.4, -0.2) is 0 Å². The molecule has 0 saturated heterocycles. The molecular weight excluding hydrogens is 144 g/mol. The van der Waals surface area contributed by atoms with E-state index in [0.29, 0.717) is 0 Å². The van der Waals surface area contributed by atoms with Crippen LogP contribution in [0.15, 0.2) is 34.4 Å². The van der Waals surface area contributed by atoms with Gasteiger partial charge >= 0.3 is 0 Å². The van der Waals surface area contributed by atoms with Crippen molar-refractivity contribution in [2.45, 2.75) is 20.3 Å². The van der Waals surface area contributed by atoms with Gasteiger partial charge in [-0.15, -0.1) is 0 Å². The summed E-state index contributed by atoms with van der Waals surface area (Å²) in [5.41, 5.74) is 2.53. The molecule has 0 amide bonds. The smallest absolute Gasteiger partial charge is 0.0432 e. The summed E-state index contributed by atoms with van der Waals surface area (Å²) in [6.07, 6.45) is 7.20. The van der Waals surface area contributed by atoms with Crippen molar-refractivity contribution in [3.05, 3.63) is 34.4 Å². The molecule has 0 bridgehead atoms. The third-order valence-electron chi connectivity index (χ3n) is 1.54. The second-order valence-corrected chi connectivity index (χ2v) is 3.04. The normalized spacial score (nSPS) is 18.9. The Kier molecular flexibility index (Phi) is 2.34. The SMILES string of the molecule is CC1=CC(C)=C(Cl)C=CC1. The van der Waals surface area contributed by atoms with Gasteiger partial charge in [-0.2, -0.15) is 0 Å². The zero-order chi connectivity index (χ0) is 7.56. The summed E-state index contributed by atoms with van der Waals surface area (Å²) < 4.78 is 0. The summed E-state index contributed by atoms with van der Waals surface area (Å²) in [5.74, 6) is 0. The van der Waals surface area contributed by atoms with Gasteiger partial charge in [0.2, 0.25) is 0 Å². The van der Waals surface area contributed by atoms with Crippen molar-refractivity contribution in [1.82, 2.24) is 0 Å². The van der Waals surface area contributed by atoms with Crippen LogP contribution in [-0.2, 0) is 0 Å². The standard InChI is InChI=1S/C9H11Cl/c1-7-4-3-5-9(10)8(2)6-7/h3,5-6H,4H2,1-2H3. The van der Waals surface area contributed by atoms with E-state index in [1.807, 2.05) is 13.0 Å². The Bertz CT molecular complexity index is 219. The summed E-state index contributed by atoms with van der Waals surface area (Å²) >= 11 is 5.89. The van der Waals surface area contributed by atoms with Gasteiger partial charge in [-0.05, 0) is 31.9 Å². The zero-order valence-electron chi connectivity index (χ0n) is 6.32. The minimum Gasteiger partial charge on any atom is -0.0841 e. The van der Waals surface area contributed by atoms with E-state index in [0.717, 1.165) is 17.0 Å². The quantitative estimate of drug-likeness (QED) is 0.502. The molecule has 0 atom stereocenters. The Balaban J connectivity index is 2.98. The number of halogens is 1. The van der Waals surface area contributed by atoms with Gasteiger partial charge in [-0.1, -0.05) is 29.3 Å². The van der Waals surface area contributed by atoms with E-state index in [-0.39, 0.29) is 0 Å². The molecular formula is C9H11Cl. The minimum absolute atomic E-state index is 0.858. The van der Waals surface area contributed by atoms with Crippen molar-refractivity contribution in [3.8, 4) is 0 Å². The van der Waals surface area contributed by atoms with Gasteiger partial charge in [0.1, 0.15) is 0 Å². The van der Waals surface area contributed by atoms with Gasteiger partial charge in [0.05, 0.1) is 0 Å². The molecule has 1 rings (SSSR count). The Morgan fingerprint density at radius 1 is 1.40 bits per heavy atom. The van der Waals surface area contributed by atoms with Crippen LogP contribution in [0, 0.1) is 0 Å². The molecule has 1 aliphatic carbocycles. The Morgan fingerprint density at radius 3 is 2.80 bits per heavy atom. The van der Waals surface area contributed by atoms with Crippen molar-refractivity contribution < 1.29 is 0 Å². The van der Waals surface area contributed by atoms with Crippen LogP contribution in [0.25, 0.3) is 0 Å². The van der Waals surface area contributed by atoms with Crippen LogP contribution < -0.4 is 0 Å². The van der Waals surface area contributed by atoms with Crippen molar-refractivity contribution in [2.75, 3.05) is 0 Å². The van der Waals surface area contributed by atoms with Crippen LogP contribution in [0.4, 0.5) is 0 Å². The van der Waals surface area contributed by atoms with Crippen LogP contribution in [0.2, 0.25) is 0 Å². The first-order valence-corrected chi connectivity index (χ1v) is 3.78. The third-order valence-corrected chi connectivity index (χ3v) is 1.97. The summed E-state index contributed by atoms with van der Waals surface area (Å²) in [7, 11) is 0. The average molecular weight is 155 g/mol. The number of hydrogen-bond acceptors (Lipinski definition) is 0. The lowest BCUT2D eigenvalue weighted by molar-refractivity contribution is 1.21. The highest BCUT2D eigenvalue weighted by Crippen LogP contribution is 2.19. The second-order valence-electron chi connectivity index (χ2n) is 2.63. The summed E-state index contributed by atoms with van der Waals surface area (Å²) in [6, 6.07) is 0. The number of hydrogen-bond donors (Lipinski definition) is 0. The lowest BCUT2D eigenvalue weighted by Gasteiger charge is -1.93. The Morgan fingerprint density at radius 2 is 2.10 bits per heavy atom. The first kappa shape index (κ1) is 7.62. The molecule has 0 spiro atoms. The van der Waals surface area contributed by atoms with E-state index in [2.05, 4.69) is 19.1 Å². The molecule has 1 heteroatoms. The lowest BCUT2D eigenvalue weighted by Crippen LogP contribution is -1.72. The predicted octanol–water partition coefficient (Wildman–Crippen LogP) is 3.41. The highest BCUT2D eigenvalue weighted by molar-refractivity contribution is 6.31. The molecule has 0 heterocycles. The molecule has 0 fully saturated rings. The van der Waals surface area contributed by atoms with E-state index in [4.69, 9.17) is 11.6 Å². The average Bonchev–Trinajstić information content (AvgIpc) is 1.96. The largest absolute Gasteiger partial charge is 0.0841 e. The van der Waals surface area contributed by atoms with Gasteiger partial charge in [0, 0.05) is 5.03 Å². The fraction of sp³-hybridized carbons (Fsp3) is 0.333. The van der Waals surface area contributed by atoms with E-state index in [1.165, 1.54) is 5.57 Å². The highest BCUT2D eigenvalue weighted by atomic mass is 35.5. The van der Waals surface area contributed by atoms with E-state index >= 15 is 0 Å². The number of allylic oxidation sites excluding steroid dienone is 6. The molecule has 10 heavy (non-hydrogen) atoms. The second kappa shape index (κ2) is 3.07. The van der Waals surface area contributed by atoms with Gasteiger partial charge in [-0.3, -0.25) is 0 Å². The zero-order valence-corrected chi connectivity index (χ0v) is 7.07. The van der Waals surface area contributed by atoms with Crippen LogP contribution >= 0.6 is 11.6 Å². The summed E-state index contributed by atoms with van der Waals surface area (Å²) in [4.78, 5) is 0. The topological polar surface area (TPSA) is 0 Å². The molecule has 0 aromatic carbocycles. The van der Waals surface area contributed by atoms with Crippen molar-refractivity contribution >= 4 is 11.6 Å². The van der Waals surface area contributed by atoms with Crippen molar-refractivity contribution in [1.29, 1.82) is 0 Å². The fourth-order valence-corrected chi connectivity index (χ4v) is 1.12. The molecule has 0 saturated carbocycles. The molecule has 0 aliphatic heterocycles. The van der Waals surface area contributed by atoms with E-state index in [9.17, 15) is 0 Å². The van der Waals surface area contributed by atoms with Gasteiger partial charge in [0.15, 0.2) is 0 Å².